The molecule has 0 amide bonds. The summed E-state index contributed by atoms with van der Waals surface area (Å²) in [7, 11) is 1.22. The molecule has 0 aliphatic rings. The molecule has 0 rings (SSSR count). The zero-order valence-corrected chi connectivity index (χ0v) is 6.57. The number of hydrogen-bond donors (Lipinski definition) is 0. The van der Waals surface area contributed by atoms with Gasteiger partial charge in [-0.05, 0) is 0 Å². The van der Waals surface area contributed by atoms with Crippen LogP contribution in [-0.4, -0.2) is 24.0 Å². The van der Waals surface area contributed by atoms with Crippen molar-refractivity contribution in [1.29, 1.82) is 0 Å². The van der Waals surface area contributed by atoms with Gasteiger partial charge < -0.3 is 4.74 Å². The van der Waals surface area contributed by atoms with Crippen LogP contribution in [0.4, 0.5) is 0 Å². The van der Waals surface area contributed by atoms with Gasteiger partial charge in [-0.2, -0.15) is 0 Å². The van der Waals surface area contributed by atoms with E-state index in [9.17, 15) is 14.9 Å². The lowest BCUT2D eigenvalue weighted by Crippen LogP contribution is -2.22. The molecule has 0 fully saturated rings. The third-order valence-electron chi connectivity index (χ3n) is 1.40. The lowest BCUT2D eigenvalue weighted by atomic mass is 10.2. The Kier molecular flexibility index (Phi) is 4.17. The zero-order valence-electron chi connectivity index (χ0n) is 6.57. The monoisotopic (exact) mass is 161 g/mol. The second-order valence-electron chi connectivity index (χ2n) is 2.13. The molecule has 0 heterocycles. The number of carbonyl (C=O) groups excluding carboxylic acids is 1. The third kappa shape index (κ3) is 3.54. The first-order valence-corrected chi connectivity index (χ1v) is 3.32. The van der Waals surface area contributed by atoms with Gasteiger partial charge in [0.1, 0.15) is 6.42 Å². The standard InChI is InChI=1S/C6H11NO4/c1-3-5(7(9)10)4-6(8)11-2/h5H,3-4H2,1-2H3. The lowest BCUT2D eigenvalue weighted by Gasteiger charge is -2.03. The average molecular weight is 161 g/mol. The topological polar surface area (TPSA) is 69.4 Å². The van der Waals surface area contributed by atoms with Crippen molar-refractivity contribution in [2.45, 2.75) is 25.8 Å². The van der Waals surface area contributed by atoms with E-state index in [1.54, 1.807) is 6.92 Å². The number of esters is 1. The Morgan fingerprint density at radius 1 is 1.73 bits per heavy atom. The maximum Gasteiger partial charge on any atom is 0.312 e. The average Bonchev–Trinajstić information content (AvgIpc) is 1.99. The summed E-state index contributed by atoms with van der Waals surface area (Å²) in [5.41, 5.74) is 0. The fourth-order valence-corrected chi connectivity index (χ4v) is 0.644. The predicted molar refractivity (Wildman–Crippen MR) is 37.7 cm³/mol. The first-order chi connectivity index (χ1) is 5.11. The minimum atomic E-state index is -0.803. The molecule has 0 saturated heterocycles. The highest BCUT2D eigenvalue weighted by Crippen LogP contribution is 2.02. The predicted octanol–water partition coefficient (Wildman–Crippen LogP) is 0.605. The van der Waals surface area contributed by atoms with E-state index in [0.717, 1.165) is 0 Å². The van der Waals surface area contributed by atoms with Crippen LogP contribution in [0.15, 0.2) is 0 Å². The van der Waals surface area contributed by atoms with Crippen molar-refractivity contribution in [2.24, 2.45) is 0 Å². The van der Waals surface area contributed by atoms with Gasteiger partial charge in [-0.25, -0.2) is 0 Å². The molecule has 0 aromatic heterocycles. The van der Waals surface area contributed by atoms with Gasteiger partial charge in [0.25, 0.3) is 0 Å². The van der Waals surface area contributed by atoms with Gasteiger partial charge in [0.2, 0.25) is 6.04 Å². The summed E-state index contributed by atoms with van der Waals surface area (Å²) in [6.07, 6.45) is 0.210. The van der Waals surface area contributed by atoms with Crippen molar-refractivity contribution < 1.29 is 14.5 Å². The molecule has 0 spiro atoms. The molecule has 0 aliphatic carbocycles. The molecule has 1 unspecified atom stereocenters. The highest BCUT2D eigenvalue weighted by atomic mass is 16.6. The molecule has 0 aromatic carbocycles. The second kappa shape index (κ2) is 4.65. The first-order valence-electron chi connectivity index (χ1n) is 3.32. The number of nitrogens with zero attached hydrogens (tertiary/aromatic N) is 1. The Morgan fingerprint density at radius 2 is 2.27 bits per heavy atom. The molecule has 0 saturated carbocycles. The molecule has 0 radical (unpaired) electrons. The molecule has 1 atom stereocenters. The van der Waals surface area contributed by atoms with Crippen molar-refractivity contribution in [3.63, 3.8) is 0 Å². The summed E-state index contributed by atoms with van der Waals surface area (Å²) in [6.45, 7) is 1.66. The second-order valence-corrected chi connectivity index (χ2v) is 2.13. The summed E-state index contributed by atoms with van der Waals surface area (Å²) < 4.78 is 4.29. The smallest absolute Gasteiger partial charge is 0.312 e. The molecule has 0 aliphatic heterocycles. The minimum absolute atomic E-state index is 0.139. The van der Waals surface area contributed by atoms with E-state index in [-0.39, 0.29) is 6.42 Å². The van der Waals surface area contributed by atoms with Crippen molar-refractivity contribution in [2.75, 3.05) is 7.11 Å². The van der Waals surface area contributed by atoms with Crippen LogP contribution in [0.2, 0.25) is 0 Å². The van der Waals surface area contributed by atoms with Gasteiger partial charge in [0.15, 0.2) is 0 Å². The van der Waals surface area contributed by atoms with Crippen molar-refractivity contribution in [3.8, 4) is 0 Å². The summed E-state index contributed by atoms with van der Waals surface area (Å²) in [5, 5.41) is 10.2. The number of ether oxygens (including phenoxy) is 1. The highest BCUT2D eigenvalue weighted by molar-refractivity contribution is 5.69. The van der Waals surface area contributed by atoms with Gasteiger partial charge in [-0.1, -0.05) is 6.92 Å². The number of methoxy groups -OCH3 is 1. The SMILES string of the molecule is CCC(CC(=O)OC)[N+](=O)[O-]. The highest BCUT2D eigenvalue weighted by Gasteiger charge is 2.21. The molecule has 11 heavy (non-hydrogen) atoms. The largest absolute Gasteiger partial charge is 0.469 e. The van der Waals surface area contributed by atoms with E-state index >= 15 is 0 Å². The lowest BCUT2D eigenvalue weighted by molar-refractivity contribution is -0.521. The Morgan fingerprint density at radius 3 is 2.55 bits per heavy atom. The maximum atomic E-state index is 10.6. The Bertz CT molecular complexity index is 157. The molecule has 64 valence electrons. The fraction of sp³-hybridized carbons (Fsp3) is 0.833. The molecular weight excluding hydrogens is 150 g/mol. The van der Waals surface area contributed by atoms with Crippen LogP contribution >= 0.6 is 0 Å². The number of carbonyl (C=O) groups is 1. The maximum absolute atomic E-state index is 10.6. The van der Waals surface area contributed by atoms with Crippen LogP contribution in [0.25, 0.3) is 0 Å². The van der Waals surface area contributed by atoms with Gasteiger partial charge in [0.05, 0.1) is 7.11 Å². The normalized spacial score (nSPS) is 12.2. The van der Waals surface area contributed by atoms with Gasteiger partial charge in [-0.3, -0.25) is 14.9 Å². The van der Waals surface area contributed by atoms with Crippen molar-refractivity contribution in [3.05, 3.63) is 10.1 Å². The van der Waals surface area contributed by atoms with Crippen LogP contribution in [0.1, 0.15) is 19.8 Å². The van der Waals surface area contributed by atoms with Crippen LogP contribution < -0.4 is 0 Å². The molecular formula is C6H11NO4. The zero-order chi connectivity index (χ0) is 8.85. The minimum Gasteiger partial charge on any atom is -0.469 e. The van der Waals surface area contributed by atoms with Gasteiger partial charge >= 0.3 is 5.97 Å². The summed E-state index contributed by atoms with van der Waals surface area (Å²) in [4.78, 5) is 20.3. The van der Waals surface area contributed by atoms with E-state index in [2.05, 4.69) is 4.74 Å². The molecule has 5 nitrogen and oxygen atoms in total. The third-order valence-corrected chi connectivity index (χ3v) is 1.40. The van der Waals surface area contributed by atoms with E-state index in [1.165, 1.54) is 7.11 Å². The van der Waals surface area contributed by atoms with E-state index in [0.29, 0.717) is 6.42 Å². The Balaban J connectivity index is 3.88. The quantitative estimate of drug-likeness (QED) is 0.344. The first kappa shape index (κ1) is 9.87. The molecule has 0 bridgehead atoms. The molecule has 0 N–H and O–H groups in total. The van der Waals surface area contributed by atoms with Crippen molar-refractivity contribution >= 4 is 5.97 Å². The van der Waals surface area contributed by atoms with Crippen LogP contribution in [-0.2, 0) is 9.53 Å². The number of rotatable bonds is 4. The van der Waals surface area contributed by atoms with Crippen LogP contribution in [0.5, 0.6) is 0 Å². The number of nitro groups is 1. The number of hydrogen-bond acceptors (Lipinski definition) is 4. The van der Waals surface area contributed by atoms with E-state index < -0.39 is 16.9 Å². The van der Waals surface area contributed by atoms with E-state index in [1.807, 2.05) is 0 Å². The Hall–Kier alpha value is -1.13. The fourth-order valence-electron chi connectivity index (χ4n) is 0.644. The summed E-state index contributed by atoms with van der Waals surface area (Å²) >= 11 is 0. The summed E-state index contributed by atoms with van der Waals surface area (Å²) in [5.74, 6) is -0.534. The molecule has 0 aromatic rings. The van der Waals surface area contributed by atoms with Crippen LogP contribution in [0, 0.1) is 10.1 Å². The summed E-state index contributed by atoms with van der Waals surface area (Å²) in [6, 6.07) is -0.803. The molecule has 5 heteroatoms. The Labute approximate surface area is 64.5 Å². The van der Waals surface area contributed by atoms with Crippen LogP contribution in [0.3, 0.4) is 0 Å². The van der Waals surface area contributed by atoms with Gasteiger partial charge in [0, 0.05) is 11.3 Å². The van der Waals surface area contributed by atoms with Crippen molar-refractivity contribution in [1.82, 2.24) is 0 Å². The van der Waals surface area contributed by atoms with E-state index in [4.69, 9.17) is 0 Å². The van der Waals surface area contributed by atoms with Gasteiger partial charge in [-0.15, -0.1) is 0 Å².